The summed E-state index contributed by atoms with van der Waals surface area (Å²) in [5.41, 5.74) is 1.47. The highest BCUT2D eigenvalue weighted by Gasteiger charge is 2.11. The molecule has 2 rings (SSSR count). The van der Waals surface area contributed by atoms with E-state index in [4.69, 9.17) is 16.7 Å². The van der Waals surface area contributed by atoms with Crippen LogP contribution in [0.1, 0.15) is 22.5 Å². The molecule has 0 aliphatic rings. The molecule has 1 amide bonds. The summed E-state index contributed by atoms with van der Waals surface area (Å²) in [5, 5.41) is 12.0. The first kappa shape index (κ1) is 15.1. The number of hydrogen-bond acceptors (Lipinski definition) is 3. The van der Waals surface area contributed by atoms with Crippen LogP contribution >= 0.6 is 11.6 Å². The Balaban J connectivity index is 2.23. The van der Waals surface area contributed by atoms with Crippen molar-refractivity contribution < 1.29 is 9.90 Å². The first-order chi connectivity index (χ1) is 10.1. The molecule has 0 bridgehead atoms. The quantitative estimate of drug-likeness (QED) is 0.853. The number of nitrogens with one attached hydrogen (secondary N) is 1. The Morgan fingerprint density at radius 3 is 3.00 bits per heavy atom. The van der Waals surface area contributed by atoms with Gasteiger partial charge in [0.25, 0.3) is 5.91 Å². The number of aromatic nitrogens is 2. The largest absolute Gasteiger partial charge is 0.395 e. The number of hydrogen-bond donors (Lipinski definition) is 2. The van der Waals surface area contributed by atoms with Crippen LogP contribution in [0.4, 0.5) is 5.69 Å². The van der Waals surface area contributed by atoms with Gasteiger partial charge >= 0.3 is 0 Å². The van der Waals surface area contributed by atoms with Gasteiger partial charge in [0.05, 0.1) is 18.6 Å². The second-order valence-corrected chi connectivity index (χ2v) is 4.78. The average molecular weight is 304 g/mol. The molecule has 1 aromatic carbocycles. The van der Waals surface area contributed by atoms with Crippen LogP contribution in [0.3, 0.4) is 0 Å². The number of aliphatic hydroxyl groups is 1. The number of nitrogens with zero attached hydrogens (tertiary/aromatic N) is 2. The number of carbonyl (C=O) groups is 1. The molecule has 0 aliphatic carbocycles. The summed E-state index contributed by atoms with van der Waals surface area (Å²) in [6.07, 6.45) is 3.54. The van der Waals surface area contributed by atoms with E-state index in [0.717, 1.165) is 0 Å². The SMILES string of the molecule is Cn1cnc(C(=O)Nc2ccc(Cl)cc2C#CCCO)c1. The fourth-order valence-electron chi connectivity index (χ4n) is 1.66. The Kier molecular flexibility index (Phi) is 4.99. The Bertz CT molecular complexity index is 713. The number of benzene rings is 1. The number of rotatable bonds is 3. The molecule has 1 heterocycles. The number of amides is 1. The smallest absolute Gasteiger partial charge is 0.275 e. The normalized spacial score (nSPS) is 9.86. The molecule has 0 saturated carbocycles. The maximum Gasteiger partial charge on any atom is 0.275 e. The summed E-state index contributed by atoms with van der Waals surface area (Å²) in [5.74, 6) is 5.37. The van der Waals surface area contributed by atoms with Crippen LogP contribution in [0.2, 0.25) is 5.02 Å². The summed E-state index contributed by atoms with van der Waals surface area (Å²) in [6.45, 7) is -0.0107. The molecular formula is C15H14ClN3O2. The van der Waals surface area contributed by atoms with Gasteiger partial charge in [-0.2, -0.15) is 0 Å². The number of carbonyl (C=O) groups excluding carboxylic acids is 1. The van der Waals surface area contributed by atoms with Crippen molar-refractivity contribution in [3.05, 3.63) is 47.0 Å². The summed E-state index contributed by atoms with van der Waals surface area (Å²) in [7, 11) is 1.79. The Morgan fingerprint density at radius 2 is 2.33 bits per heavy atom. The van der Waals surface area contributed by atoms with Crippen LogP contribution in [-0.4, -0.2) is 27.2 Å². The zero-order valence-electron chi connectivity index (χ0n) is 11.4. The van der Waals surface area contributed by atoms with Gasteiger partial charge in [0.15, 0.2) is 0 Å². The van der Waals surface area contributed by atoms with E-state index in [0.29, 0.717) is 28.4 Å². The van der Waals surface area contributed by atoms with E-state index in [1.54, 1.807) is 42.3 Å². The lowest BCUT2D eigenvalue weighted by Crippen LogP contribution is -2.13. The molecule has 1 aromatic heterocycles. The van der Waals surface area contributed by atoms with Gasteiger partial charge < -0.3 is 15.0 Å². The molecule has 108 valence electrons. The van der Waals surface area contributed by atoms with Crippen LogP contribution in [0.25, 0.3) is 0 Å². The maximum absolute atomic E-state index is 12.1. The minimum Gasteiger partial charge on any atom is -0.395 e. The lowest BCUT2D eigenvalue weighted by Gasteiger charge is -2.06. The van der Waals surface area contributed by atoms with E-state index in [9.17, 15) is 4.79 Å². The van der Waals surface area contributed by atoms with Gasteiger partial charge in [0, 0.05) is 30.3 Å². The van der Waals surface area contributed by atoms with Crippen LogP contribution in [0.15, 0.2) is 30.7 Å². The summed E-state index contributed by atoms with van der Waals surface area (Å²) in [4.78, 5) is 16.1. The molecule has 0 fully saturated rings. The number of halogens is 1. The topological polar surface area (TPSA) is 67.2 Å². The average Bonchev–Trinajstić information content (AvgIpc) is 2.88. The highest BCUT2D eigenvalue weighted by Crippen LogP contribution is 2.20. The van der Waals surface area contributed by atoms with Gasteiger partial charge in [-0.25, -0.2) is 4.98 Å². The molecule has 0 unspecified atom stereocenters. The van der Waals surface area contributed by atoms with Crippen molar-refractivity contribution in [3.63, 3.8) is 0 Å². The van der Waals surface area contributed by atoms with Gasteiger partial charge in [-0.05, 0) is 18.2 Å². The molecule has 0 aliphatic heterocycles. The van der Waals surface area contributed by atoms with Crippen molar-refractivity contribution in [2.45, 2.75) is 6.42 Å². The molecule has 0 spiro atoms. The van der Waals surface area contributed by atoms with Gasteiger partial charge in [0.2, 0.25) is 0 Å². The first-order valence-electron chi connectivity index (χ1n) is 6.29. The van der Waals surface area contributed by atoms with Gasteiger partial charge in [-0.1, -0.05) is 23.4 Å². The fourth-order valence-corrected chi connectivity index (χ4v) is 1.83. The van der Waals surface area contributed by atoms with Gasteiger partial charge in [0.1, 0.15) is 5.69 Å². The molecule has 0 radical (unpaired) electrons. The zero-order chi connectivity index (χ0) is 15.2. The van der Waals surface area contributed by atoms with Crippen molar-refractivity contribution >= 4 is 23.2 Å². The molecule has 6 heteroatoms. The highest BCUT2D eigenvalue weighted by atomic mass is 35.5. The second kappa shape index (κ2) is 6.93. The number of aryl methyl sites for hydroxylation is 1. The van der Waals surface area contributed by atoms with E-state index in [-0.39, 0.29) is 12.5 Å². The van der Waals surface area contributed by atoms with E-state index in [1.165, 1.54) is 0 Å². The molecule has 2 aromatic rings. The van der Waals surface area contributed by atoms with Gasteiger partial charge in [-0.3, -0.25) is 4.79 Å². The zero-order valence-corrected chi connectivity index (χ0v) is 12.2. The number of imidazole rings is 1. The van der Waals surface area contributed by atoms with Crippen molar-refractivity contribution in [1.29, 1.82) is 0 Å². The van der Waals surface area contributed by atoms with E-state index in [1.807, 2.05) is 0 Å². The third-order valence-electron chi connectivity index (χ3n) is 2.63. The van der Waals surface area contributed by atoms with E-state index in [2.05, 4.69) is 22.1 Å². The van der Waals surface area contributed by atoms with Crippen molar-refractivity contribution in [2.24, 2.45) is 7.05 Å². The molecule has 21 heavy (non-hydrogen) atoms. The molecule has 2 N–H and O–H groups in total. The van der Waals surface area contributed by atoms with Crippen LogP contribution in [0.5, 0.6) is 0 Å². The van der Waals surface area contributed by atoms with Crippen LogP contribution in [0, 0.1) is 11.8 Å². The summed E-state index contributed by atoms with van der Waals surface area (Å²) in [6, 6.07) is 5.03. The predicted octanol–water partition coefficient (Wildman–Crippen LogP) is 2.06. The molecular weight excluding hydrogens is 290 g/mol. The minimum atomic E-state index is -0.317. The Labute approximate surface area is 127 Å². The van der Waals surface area contributed by atoms with Crippen molar-refractivity contribution in [3.8, 4) is 11.8 Å². The third-order valence-corrected chi connectivity index (χ3v) is 2.86. The fraction of sp³-hybridized carbons (Fsp3) is 0.200. The molecule has 0 saturated heterocycles. The maximum atomic E-state index is 12.1. The Hall–Kier alpha value is -2.29. The molecule has 0 atom stereocenters. The van der Waals surface area contributed by atoms with Gasteiger partial charge in [-0.15, -0.1) is 0 Å². The lowest BCUT2D eigenvalue weighted by atomic mass is 10.1. The van der Waals surface area contributed by atoms with Crippen molar-refractivity contribution in [2.75, 3.05) is 11.9 Å². The highest BCUT2D eigenvalue weighted by molar-refractivity contribution is 6.30. The standard InChI is InChI=1S/C15H14ClN3O2/c1-19-9-14(17-10-19)15(21)18-13-6-5-12(16)8-11(13)4-2-3-7-20/h5-6,8-10,20H,3,7H2,1H3,(H,18,21). The second-order valence-electron chi connectivity index (χ2n) is 4.34. The molecule has 5 nitrogen and oxygen atoms in total. The summed E-state index contributed by atoms with van der Waals surface area (Å²) >= 11 is 5.94. The third kappa shape index (κ3) is 4.09. The first-order valence-corrected chi connectivity index (χ1v) is 6.66. The summed E-state index contributed by atoms with van der Waals surface area (Å²) < 4.78 is 1.69. The van der Waals surface area contributed by atoms with E-state index < -0.39 is 0 Å². The monoisotopic (exact) mass is 303 g/mol. The van der Waals surface area contributed by atoms with Crippen LogP contribution in [-0.2, 0) is 7.05 Å². The lowest BCUT2D eigenvalue weighted by molar-refractivity contribution is 0.102. The number of aliphatic hydroxyl groups excluding tert-OH is 1. The van der Waals surface area contributed by atoms with E-state index >= 15 is 0 Å². The van der Waals surface area contributed by atoms with Crippen molar-refractivity contribution in [1.82, 2.24) is 9.55 Å². The predicted molar refractivity (Wildman–Crippen MR) is 81.2 cm³/mol. The Morgan fingerprint density at radius 1 is 1.52 bits per heavy atom. The minimum absolute atomic E-state index is 0.0107. The number of anilines is 1. The van der Waals surface area contributed by atoms with Crippen LogP contribution < -0.4 is 5.32 Å².